The molecular weight excluding hydrogens is 360 g/mol. The number of aromatic nitrogens is 4. The van der Waals surface area contributed by atoms with Gasteiger partial charge in [0.1, 0.15) is 0 Å². The Balaban J connectivity index is 1.46. The zero-order valence-corrected chi connectivity index (χ0v) is 14.2. The lowest BCUT2D eigenvalue weighted by atomic mass is 10.3. The van der Waals surface area contributed by atoms with Gasteiger partial charge in [0.25, 0.3) is 0 Å². The molecule has 0 radical (unpaired) electrons. The van der Waals surface area contributed by atoms with E-state index in [9.17, 15) is 4.79 Å². The van der Waals surface area contributed by atoms with Crippen LogP contribution in [0.3, 0.4) is 0 Å². The standard InChI is InChI=1S/C15H17BrN6O/c16-11-6-17-15(18-7-11)20-5-3-12(9-20)22-10-13(8-19-22)21-4-1-2-14(21)23/h6-8,10,12H,1-5,9H2. The van der Waals surface area contributed by atoms with Crippen molar-refractivity contribution in [3.05, 3.63) is 29.3 Å². The summed E-state index contributed by atoms with van der Waals surface area (Å²) < 4.78 is 2.85. The SMILES string of the molecule is O=C1CCCN1c1cnn(C2CCN(c3ncc(Br)cn3)C2)c1. The van der Waals surface area contributed by atoms with Gasteiger partial charge in [0.15, 0.2) is 0 Å². The fraction of sp³-hybridized carbons (Fsp3) is 0.467. The van der Waals surface area contributed by atoms with E-state index in [1.165, 1.54) is 0 Å². The molecule has 2 fully saturated rings. The van der Waals surface area contributed by atoms with E-state index in [2.05, 4.69) is 35.9 Å². The Kier molecular flexibility index (Phi) is 3.76. The minimum absolute atomic E-state index is 0.195. The van der Waals surface area contributed by atoms with Crippen LogP contribution in [0.5, 0.6) is 0 Å². The molecule has 0 bridgehead atoms. The first-order valence-corrected chi connectivity index (χ1v) is 8.57. The molecule has 0 saturated carbocycles. The van der Waals surface area contributed by atoms with Crippen molar-refractivity contribution < 1.29 is 4.79 Å². The van der Waals surface area contributed by atoms with Gasteiger partial charge in [0, 0.05) is 44.6 Å². The molecule has 120 valence electrons. The van der Waals surface area contributed by atoms with Gasteiger partial charge < -0.3 is 9.80 Å². The second-order valence-electron chi connectivity index (χ2n) is 5.92. The van der Waals surface area contributed by atoms with Crippen molar-refractivity contribution in [1.29, 1.82) is 0 Å². The van der Waals surface area contributed by atoms with Crippen LogP contribution in [0.4, 0.5) is 11.6 Å². The number of carbonyl (C=O) groups is 1. The molecule has 2 aromatic heterocycles. The highest BCUT2D eigenvalue weighted by atomic mass is 79.9. The second-order valence-corrected chi connectivity index (χ2v) is 6.83. The molecule has 7 nitrogen and oxygen atoms in total. The number of hydrogen-bond acceptors (Lipinski definition) is 5. The smallest absolute Gasteiger partial charge is 0.227 e. The van der Waals surface area contributed by atoms with Crippen molar-refractivity contribution in [1.82, 2.24) is 19.7 Å². The molecule has 1 unspecified atom stereocenters. The average Bonchev–Trinajstić information content (AvgIpc) is 3.26. The van der Waals surface area contributed by atoms with Gasteiger partial charge in [-0.25, -0.2) is 9.97 Å². The molecule has 2 aliphatic rings. The van der Waals surface area contributed by atoms with Gasteiger partial charge in [0.05, 0.1) is 22.4 Å². The number of anilines is 2. The molecule has 0 aromatic carbocycles. The number of amides is 1. The summed E-state index contributed by atoms with van der Waals surface area (Å²) in [7, 11) is 0. The van der Waals surface area contributed by atoms with Gasteiger partial charge in [-0.05, 0) is 28.8 Å². The molecule has 2 saturated heterocycles. The lowest BCUT2D eigenvalue weighted by molar-refractivity contribution is -0.117. The highest BCUT2D eigenvalue weighted by Gasteiger charge is 2.28. The molecule has 8 heteroatoms. The second kappa shape index (κ2) is 5.92. The number of rotatable bonds is 3. The maximum atomic E-state index is 11.8. The highest BCUT2D eigenvalue weighted by Crippen LogP contribution is 2.27. The Morgan fingerprint density at radius 2 is 2.00 bits per heavy atom. The van der Waals surface area contributed by atoms with Crippen LogP contribution >= 0.6 is 15.9 Å². The van der Waals surface area contributed by atoms with E-state index in [1.807, 2.05) is 15.8 Å². The number of halogens is 1. The first-order valence-electron chi connectivity index (χ1n) is 7.78. The highest BCUT2D eigenvalue weighted by molar-refractivity contribution is 9.10. The lowest BCUT2D eigenvalue weighted by Gasteiger charge is -2.16. The van der Waals surface area contributed by atoms with Gasteiger partial charge in [-0.15, -0.1) is 0 Å². The van der Waals surface area contributed by atoms with Crippen LogP contribution in [0.15, 0.2) is 29.3 Å². The summed E-state index contributed by atoms with van der Waals surface area (Å²) in [5, 5.41) is 4.47. The average molecular weight is 377 g/mol. The Morgan fingerprint density at radius 1 is 1.17 bits per heavy atom. The van der Waals surface area contributed by atoms with Crippen LogP contribution in [0, 0.1) is 0 Å². The van der Waals surface area contributed by atoms with E-state index in [-0.39, 0.29) is 11.9 Å². The number of nitrogens with zero attached hydrogens (tertiary/aromatic N) is 6. The maximum absolute atomic E-state index is 11.8. The molecule has 1 atom stereocenters. The molecule has 4 heterocycles. The zero-order chi connectivity index (χ0) is 15.8. The topological polar surface area (TPSA) is 67.2 Å². The molecular formula is C15H17BrN6O. The summed E-state index contributed by atoms with van der Waals surface area (Å²) in [4.78, 5) is 24.5. The maximum Gasteiger partial charge on any atom is 0.227 e. The van der Waals surface area contributed by atoms with Crippen LogP contribution in [0.2, 0.25) is 0 Å². The molecule has 0 aliphatic carbocycles. The fourth-order valence-electron chi connectivity index (χ4n) is 3.20. The van der Waals surface area contributed by atoms with Crippen molar-refractivity contribution in [2.45, 2.75) is 25.3 Å². The van der Waals surface area contributed by atoms with Crippen LogP contribution < -0.4 is 9.80 Å². The third-order valence-corrected chi connectivity index (χ3v) is 4.81. The Bertz CT molecular complexity index is 715. The van der Waals surface area contributed by atoms with Gasteiger partial charge in [0.2, 0.25) is 11.9 Å². The van der Waals surface area contributed by atoms with Crippen molar-refractivity contribution in [3.8, 4) is 0 Å². The summed E-state index contributed by atoms with van der Waals surface area (Å²) in [5.41, 5.74) is 0.908. The fourth-order valence-corrected chi connectivity index (χ4v) is 3.40. The van der Waals surface area contributed by atoms with Crippen LogP contribution in [-0.4, -0.2) is 45.3 Å². The normalized spacial score (nSPS) is 21.4. The monoisotopic (exact) mass is 376 g/mol. The number of hydrogen-bond donors (Lipinski definition) is 0. The molecule has 2 aliphatic heterocycles. The molecule has 0 spiro atoms. The summed E-state index contributed by atoms with van der Waals surface area (Å²) in [5.74, 6) is 0.943. The Hall–Kier alpha value is -1.96. The van der Waals surface area contributed by atoms with E-state index >= 15 is 0 Å². The minimum Gasteiger partial charge on any atom is -0.339 e. The Morgan fingerprint density at radius 3 is 2.74 bits per heavy atom. The molecule has 0 N–H and O–H groups in total. The molecule has 4 rings (SSSR count). The van der Waals surface area contributed by atoms with Crippen molar-refractivity contribution in [2.75, 3.05) is 29.4 Å². The lowest BCUT2D eigenvalue weighted by Crippen LogP contribution is -2.24. The Labute approximate surface area is 142 Å². The van der Waals surface area contributed by atoms with Crippen molar-refractivity contribution in [2.24, 2.45) is 0 Å². The largest absolute Gasteiger partial charge is 0.339 e. The number of carbonyl (C=O) groups excluding carboxylic acids is 1. The van der Waals surface area contributed by atoms with Gasteiger partial charge in [-0.1, -0.05) is 0 Å². The van der Waals surface area contributed by atoms with Crippen LogP contribution in [-0.2, 0) is 4.79 Å². The van der Waals surface area contributed by atoms with E-state index in [4.69, 9.17) is 0 Å². The summed E-state index contributed by atoms with van der Waals surface area (Å²) in [6, 6.07) is 0.286. The quantitative estimate of drug-likeness (QED) is 0.819. The first-order chi connectivity index (χ1) is 11.2. The van der Waals surface area contributed by atoms with E-state index < -0.39 is 0 Å². The van der Waals surface area contributed by atoms with Gasteiger partial charge >= 0.3 is 0 Å². The summed E-state index contributed by atoms with van der Waals surface area (Å²) >= 11 is 3.35. The third-order valence-electron chi connectivity index (χ3n) is 4.40. The first kappa shape index (κ1) is 14.6. The minimum atomic E-state index is 0.195. The van der Waals surface area contributed by atoms with Crippen LogP contribution in [0.25, 0.3) is 0 Å². The summed E-state index contributed by atoms with van der Waals surface area (Å²) in [6.45, 7) is 2.54. The van der Waals surface area contributed by atoms with Crippen molar-refractivity contribution in [3.63, 3.8) is 0 Å². The molecule has 23 heavy (non-hydrogen) atoms. The van der Waals surface area contributed by atoms with E-state index in [1.54, 1.807) is 18.6 Å². The van der Waals surface area contributed by atoms with Gasteiger partial charge in [-0.3, -0.25) is 9.48 Å². The third kappa shape index (κ3) is 2.83. The van der Waals surface area contributed by atoms with E-state index in [0.29, 0.717) is 6.42 Å². The predicted molar refractivity (Wildman–Crippen MR) is 89.4 cm³/mol. The van der Waals surface area contributed by atoms with Crippen LogP contribution in [0.1, 0.15) is 25.3 Å². The van der Waals surface area contributed by atoms with E-state index in [0.717, 1.165) is 48.6 Å². The van der Waals surface area contributed by atoms with Crippen molar-refractivity contribution >= 4 is 33.5 Å². The zero-order valence-electron chi connectivity index (χ0n) is 12.6. The predicted octanol–water partition coefficient (Wildman–Crippen LogP) is 2.01. The van der Waals surface area contributed by atoms with Gasteiger partial charge in [-0.2, -0.15) is 5.10 Å². The molecule has 2 aromatic rings. The molecule has 1 amide bonds. The summed E-state index contributed by atoms with van der Waals surface area (Å²) in [6.07, 6.45) is 9.88.